The molecule has 3 aromatic carbocycles. The summed E-state index contributed by atoms with van der Waals surface area (Å²) in [4.78, 5) is 12.9. The van der Waals surface area contributed by atoms with Crippen molar-refractivity contribution in [2.75, 3.05) is 0 Å². The van der Waals surface area contributed by atoms with Crippen LogP contribution in [0.25, 0.3) is 11.4 Å². The van der Waals surface area contributed by atoms with E-state index < -0.39 is 0 Å². The largest absolute Gasteiger partial charge is 0.345 e. The number of hydrogen-bond donors (Lipinski definition) is 2. The highest BCUT2D eigenvalue weighted by Crippen LogP contribution is 2.22. The third-order valence-electron chi connectivity index (χ3n) is 5.17. The summed E-state index contributed by atoms with van der Waals surface area (Å²) < 4.78 is 2.39. The van der Waals surface area contributed by atoms with Gasteiger partial charge in [0.25, 0.3) is 0 Å². The number of carbonyl (C=O) groups is 1. The summed E-state index contributed by atoms with van der Waals surface area (Å²) in [5.74, 6) is 0.695. The molecule has 0 aliphatic rings. The van der Waals surface area contributed by atoms with E-state index in [1.807, 2.05) is 90.4 Å². The molecule has 1 aromatic heterocycles. The second kappa shape index (κ2) is 9.53. The summed E-state index contributed by atoms with van der Waals surface area (Å²) in [6.07, 6.45) is 0.294. The number of hydrogen-bond acceptors (Lipinski definition) is 3. The molecule has 156 valence electrons. The van der Waals surface area contributed by atoms with Crippen molar-refractivity contribution >= 4 is 18.1 Å². The lowest BCUT2D eigenvalue weighted by atomic mass is 9.98. The van der Waals surface area contributed by atoms with Crippen molar-refractivity contribution < 1.29 is 4.79 Å². The molecule has 4 aromatic rings. The molecule has 0 fully saturated rings. The Hall–Kier alpha value is -3.51. The van der Waals surface area contributed by atoms with Crippen LogP contribution in [0.1, 0.15) is 29.2 Å². The maximum Gasteiger partial charge on any atom is 0.222 e. The molecule has 2 N–H and O–H groups in total. The zero-order valence-corrected chi connectivity index (χ0v) is 18.1. The van der Waals surface area contributed by atoms with Gasteiger partial charge in [-0.1, -0.05) is 84.4 Å². The van der Waals surface area contributed by atoms with Crippen LogP contribution in [-0.2, 0) is 11.3 Å². The highest BCUT2D eigenvalue weighted by atomic mass is 32.1. The summed E-state index contributed by atoms with van der Waals surface area (Å²) in [5, 5.41) is 10.4. The van der Waals surface area contributed by atoms with Crippen molar-refractivity contribution in [1.29, 1.82) is 0 Å². The Balaban J connectivity index is 1.51. The van der Waals surface area contributed by atoms with Gasteiger partial charge in [0.15, 0.2) is 10.6 Å². The van der Waals surface area contributed by atoms with Crippen molar-refractivity contribution in [1.82, 2.24) is 20.1 Å². The molecule has 0 saturated carbocycles. The van der Waals surface area contributed by atoms with E-state index in [1.54, 1.807) is 0 Å². The van der Waals surface area contributed by atoms with Gasteiger partial charge in [0.05, 0.1) is 6.04 Å². The number of carbonyl (C=O) groups excluding carboxylic acids is 1. The van der Waals surface area contributed by atoms with Crippen molar-refractivity contribution in [3.8, 4) is 11.4 Å². The zero-order valence-electron chi connectivity index (χ0n) is 17.3. The Labute approximate surface area is 186 Å². The fraction of sp³-hybridized carbons (Fsp3) is 0.160. The molecule has 5 nitrogen and oxygen atoms in total. The van der Waals surface area contributed by atoms with Gasteiger partial charge in [0.1, 0.15) is 0 Å². The topological polar surface area (TPSA) is 62.7 Å². The second-order valence-corrected chi connectivity index (χ2v) is 7.83. The van der Waals surface area contributed by atoms with Gasteiger partial charge in [-0.15, -0.1) is 0 Å². The highest BCUT2D eigenvalue weighted by Gasteiger charge is 2.17. The number of aromatic amines is 1. The van der Waals surface area contributed by atoms with E-state index in [1.165, 1.54) is 0 Å². The van der Waals surface area contributed by atoms with Gasteiger partial charge in [-0.2, -0.15) is 5.10 Å². The third kappa shape index (κ3) is 4.98. The van der Waals surface area contributed by atoms with E-state index in [0.717, 1.165) is 28.1 Å². The zero-order chi connectivity index (χ0) is 21.6. The van der Waals surface area contributed by atoms with Crippen LogP contribution in [0.5, 0.6) is 0 Å². The van der Waals surface area contributed by atoms with Crippen LogP contribution in [-0.4, -0.2) is 20.7 Å². The van der Waals surface area contributed by atoms with Gasteiger partial charge in [-0.05, 0) is 36.3 Å². The molecule has 0 radical (unpaired) electrons. The first-order valence-corrected chi connectivity index (χ1v) is 10.6. The van der Waals surface area contributed by atoms with Gasteiger partial charge in [-0.3, -0.25) is 14.5 Å². The smallest absolute Gasteiger partial charge is 0.222 e. The fourth-order valence-corrected chi connectivity index (χ4v) is 3.85. The Kier molecular flexibility index (Phi) is 6.38. The summed E-state index contributed by atoms with van der Waals surface area (Å²) in [6.45, 7) is 2.48. The normalized spacial score (nSPS) is 10.9. The molecule has 0 spiro atoms. The molecule has 1 amide bonds. The van der Waals surface area contributed by atoms with Crippen LogP contribution >= 0.6 is 12.2 Å². The molecule has 0 aliphatic carbocycles. The number of amides is 1. The third-order valence-corrected chi connectivity index (χ3v) is 5.48. The predicted octanol–water partition coefficient (Wildman–Crippen LogP) is 5.21. The summed E-state index contributed by atoms with van der Waals surface area (Å²) >= 11 is 5.41. The summed E-state index contributed by atoms with van der Waals surface area (Å²) in [6, 6.07) is 27.9. The maximum absolute atomic E-state index is 12.9. The lowest BCUT2D eigenvalue weighted by Crippen LogP contribution is -2.30. The first kappa shape index (κ1) is 20.8. The lowest BCUT2D eigenvalue weighted by molar-refractivity contribution is -0.121. The van der Waals surface area contributed by atoms with E-state index >= 15 is 0 Å². The number of aromatic nitrogens is 3. The van der Waals surface area contributed by atoms with Crippen molar-refractivity contribution in [3.05, 3.63) is 106 Å². The van der Waals surface area contributed by atoms with Crippen LogP contribution < -0.4 is 5.32 Å². The van der Waals surface area contributed by atoms with E-state index in [2.05, 4.69) is 21.6 Å². The average Bonchev–Trinajstić information content (AvgIpc) is 3.17. The molecule has 0 aliphatic heterocycles. The molecule has 1 heterocycles. The maximum atomic E-state index is 12.9. The molecule has 0 atom stereocenters. The van der Waals surface area contributed by atoms with Crippen molar-refractivity contribution in [2.45, 2.75) is 25.9 Å². The van der Waals surface area contributed by atoms with Crippen LogP contribution in [0.4, 0.5) is 0 Å². The molecule has 6 heteroatoms. The number of aryl methyl sites for hydroxylation is 1. The Morgan fingerprint density at radius 3 is 2.26 bits per heavy atom. The predicted molar refractivity (Wildman–Crippen MR) is 125 cm³/mol. The summed E-state index contributed by atoms with van der Waals surface area (Å²) in [7, 11) is 0. The Morgan fingerprint density at radius 2 is 1.65 bits per heavy atom. The van der Waals surface area contributed by atoms with Gasteiger partial charge in [0, 0.05) is 18.5 Å². The van der Waals surface area contributed by atoms with E-state index in [0.29, 0.717) is 17.7 Å². The molecular weight excluding hydrogens is 404 g/mol. The average molecular weight is 429 g/mol. The minimum absolute atomic E-state index is 0.0454. The minimum Gasteiger partial charge on any atom is -0.345 e. The number of rotatable bonds is 7. The first-order chi connectivity index (χ1) is 15.1. The van der Waals surface area contributed by atoms with E-state index in [4.69, 9.17) is 12.2 Å². The van der Waals surface area contributed by atoms with Crippen LogP contribution in [0.3, 0.4) is 0 Å². The molecule has 0 bridgehead atoms. The monoisotopic (exact) mass is 428 g/mol. The number of nitrogens with one attached hydrogen (secondary N) is 2. The van der Waals surface area contributed by atoms with Gasteiger partial charge >= 0.3 is 0 Å². The van der Waals surface area contributed by atoms with E-state index in [-0.39, 0.29) is 11.9 Å². The summed E-state index contributed by atoms with van der Waals surface area (Å²) in [5.41, 5.74) is 4.20. The number of H-pyrrole nitrogens is 1. The Bertz CT molecular complexity index is 1180. The van der Waals surface area contributed by atoms with Crippen LogP contribution in [0.2, 0.25) is 0 Å². The highest BCUT2D eigenvalue weighted by molar-refractivity contribution is 7.71. The second-order valence-electron chi connectivity index (χ2n) is 7.45. The van der Waals surface area contributed by atoms with Crippen molar-refractivity contribution in [3.63, 3.8) is 0 Å². The molecule has 4 rings (SSSR count). The molecule has 0 saturated heterocycles. The van der Waals surface area contributed by atoms with Crippen LogP contribution in [0.15, 0.2) is 84.9 Å². The standard InChI is InChI=1S/C25H24N4OS/c1-18-9-8-14-21(17-18)24-27-28-25(31)29(24)16-15-22(30)26-23(19-10-4-2-5-11-19)20-12-6-3-7-13-20/h2-14,17,23H,15-16H2,1H3,(H,26,30)(H,28,31). The van der Waals surface area contributed by atoms with Crippen LogP contribution in [0, 0.1) is 11.7 Å². The van der Waals surface area contributed by atoms with Gasteiger partial charge in [0.2, 0.25) is 5.91 Å². The molecular formula is C25H24N4OS. The Morgan fingerprint density at radius 1 is 1.00 bits per heavy atom. The quantitative estimate of drug-likeness (QED) is 0.397. The molecule has 31 heavy (non-hydrogen) atoms. The minimum atomic E-state index is -0.205. The fourth-order valence-electron chi connectivity index (χ4n) is 3.63. The SMILES string of the molecule is Cc1cccc(-c2n[nH]c(=S)n2CCC(=O)NC(c2ccccc2)c2ccccc2)c1. The number of nitrogens with zero attached hydrogens (tertiary/aromatic N) is 2. The van der Waals surface area contributed by atoms with E-state index in [9.17, 15) is 4.79 Å². The molecule has 0 unspecified atom stereocenters. The van der Waals surface area contributed by atoms with Gasteiger partial charge < -0.3 is 5.32 Å². The van der Waals surface area contributed by atoms with Gasteiger partial charge in [-0.25, -0.2) is 0 Å². The lowest BCUT2D eigenvalue weighted by Gasteiger charge is -2.20. The number of benzene rings is 3. The first-order valence-electron chi connectivity index (χ1n) is 10.2. The van der Waals surface area contributed by atoms with Crippen molar-refractivity contribution in [2.24, 2.45) is 0 Å².